The van der Waals surface area contributed by atoms with Gasteiger partial charge in [0.15, 0.2) is 0 Å². The van der Waals surface area contributed by atoms with Gasteiger partial charge < -0.3 is 20.4 Å². The number of urea groups is 1. The van der Waals surface area contributed by atoms with E-state index in [1.165, 1.54) is 0 Å². The molecule has 1 aromatic rings. The number of hydrogen-bond acceptors (Lipinski definition) is 3. The largest absolute Gasteiger partial charge is 0.399 e. The second-order valence-corrected chi connectivity index (χ2v) is 5.36. The summed E-state index contributed by atoms with van der Waals surface area (Å²) in [6, 6.07) is 7.00. The molecule has 6 nitrogen and oxygen atoms in total. The summed E-state index contributed by atoms with van der Waals surface area (Å²) < 4.78 is 0. The zero-order valence-corrected chi connectivity index (χ0v) is 14.5. The molecule has 2 rings (SSSR count). The number of benzene rings is 1. The minimum Gasteiger partial charge on any atom is -0.399 e. The van der Waals surface area contributed by atoms with E-state index in [1.54, 1.807) is 34.1 Å². The van der Waals surface area contributed by atoms with Crippen molar-refractivity contribution in [1.29, 1.82) is 0 Å². The molecule has 0 unspecified atom stereocenters. The molecule has 0 saturated carbocycles. The molecular formula is C16H25ClN4O2. The molecule has 0 aliphatic carbocycles. The first-order chi connectivity index (χ1) is 10.6. The Labute approximate surface area is 143 Å². The van der Waals surface area contributed by atoms with Crippen LogP contribution in [0.5, 0.6) is 0 Å². The average Bonchev–Trinajstić information content (AvgIpc) is 2.56. The van der Waals surface area contributed by atoms with Crippen molar-refractivity contribution in [3.05, 3.63) is 29.8 Å². The highest BCUT2D eigenvalue weighted by Crippen LogP contribution is 2.12. The molecule has 0 aromatic heterocycles. The summed E-state index contributed by atoms with van der Waals surface area (Å²) in [5.74, 6) is -0.00469. The van der Waals surface area contributed by atoms with Gasteiger partial charge in [-0.05, 0) is 38.1 Å². The van der Waals surface area contributed by atoms with Gasteiger partial charge in [0.1, 0.15) is 0 Å². The summed E-state index contributed by atoms with van der Waals surface area (Å²) in [7, 11) is 0. The fraction of sp³-hybridized carbons (Fsp3) is 0.500. The molecule has 0 spiro atoms. The van der Waals surface area contributed by atoms with Gasteiger partial charge >= 0.3 is 6.03 Å². The predicted molar refractivity (Wildman–Crippen MR) is 93.9 cm³/mol. The first kappa shape index (κ1) is 19.1. The van der Waals surface area contributed by atoms with Crippen LogP contribution in [0.25, 0.3) is 0 Å². The summed E-state index contributed by atoms with van der Waals surface area (Å²) in [4.78, 5) is 30.1. The number of carbonyl (C=O) groups is 2. The number of carbonyl (C=O) groups excluding carboxylic acids is 2. The number of piperazine rings is 1. The van der Waals surface area contributed by atoms with Crippen LogP contribution in [-0.4, -0.2) is 65.9 Å². The highest BCUT2D eigenvalue weighted by Gasteiger charge is 2.26. The summed E-state index contributed by atoms with van der Waals surface area (Å²) in [6.07, 6.45) is 0. The molecule has 2 N–H and O–H groups in total. The second kappa shape index (κ2) is 8.62. The number of rotatable bonds is 3. The highest BCUT2D eigenvalue weighted by atomic mass is 35.5. The Morgan fingerprint density at radius 1 is 1.00 bits per heavy atom. The monoisotopic (exact) mass is 340 g/mol. The summed E-state index contributed by atoms with van der Waals surface area (Å²) in [5, 5.41) is 0. The van der Waals surface area contributed by atoms with Gasteiger partial charge in [-0.3, -0.25) is 4.79 Å². The quantitative estimate of drug-likeness (QED) is 0.854. The van der Waals surface area contributed by atoms with Crippen molar-refractivity contribution < 1.29 is 9.59 Å². The van der Waals surface area contributed by atoms with Crippen molar-refractivity contribution in [1.82, 2.24) is 14.7 Å². The molecule has 1 aliphatic rings. The molecule has 1 saturated heterocycles. The van der Waals surface area contributed by atoms with E-state index in [0.717, 1.165) is 0 Å². The standard InChI is InChI=1S/C16H24N4O2.ClH/c1-3-18(4-2)16(22)20-11-9-19(10-12-20)15(21)13-5-7-14(17)8-6-13;/h5-8H,3-4,9-12,17H2,1-2H3;1H. The van der Waals surface area contributed by atoms with Crippen LogP contribution in [-0.2, 0) is 0 Å². The molecule has 1 aromatic carbocycles. The van der Waals surface area contributed by atoms with Gasteiger partial charge in [0.25, 0.3) is 5.91 Å². The maximum atomic E-state index is 12.4. The molecule has 0 atom stereocenters. The molecule has 1 heterocycles. The predicted octanol–water partition coefficient (Wildman–Crippen LogP) is 1.91. The third-order valence-electron chi connectivity index (χ3n) is 4.03. The number of halogens is 1. The van der Waals surface area contributed by atoms with E-state index in [0.29, 0.717) is 50.5 Å². The maximum Gasteiger partial charge on any atom is 0.320 e. The smallest absolute Gasteiger partial charge is 0.320 e. The average molecular weight is 341 g/mol. The van der Waals surface area contributed by atoms with Crippen molar-refractivity contribution >= 4 is 30.0 Å². The first-order valence-electron chi connectivity index (χ1n) is 7.75. The molecule has 3 amide bonds. The Hall–Kier alpha value is -1.95. The third-order valence-corrected chi connectivity index (χ3v) is 4.03. The first-order valence-corrected chi connectivity index (χ1v) is 7.75. The summed E-state index contributed by atoms with van der Waals surface area (Å²) >= 11 is 0. The Bertz CT molecular complexity index is 523. The van der Waals surface area contributed by atoms with Crippen LogP contribution < -0.4 is 5.73 Å². The molecule has 7 heteroatoms. The van der Waals surface area contributed by atoms with Crippen molar-refractivity contribution in [2.45, 2.75) is 13.8 Å². The van der Waals surface area contributed by atoms with E-state index in [2.05, 4.69) is 0 Å². The lowest BCUT2D eigenvalue weighted by atomic mass is 10.1. The van der Waals surface area contributed by atoms with E-state index in [-0.39, 0.29) is 24.3 Å². The summed E-state index contributed by atoms with van der Waals surface area (Å²) in [6.45, 7) is 7.66. The number of nitrogens with two attached hydrogens (primary N) is 1. The lowest BCUT2D eigenvalue weighted by Gasteiger charge is -2.37. The van der Waals surface area contributed by atoms with E-state index in [4.69, 9.17) is 5.73 Å². The summed E-state index contributed by atoms with van der Waals surface area (Å²) in [5.41, 5.74) is 6.92. The lowest BCUT2D eigenvalue weighted by molar-refractivity contribution is 0.0641. The fourth-order valence-corrected chi connectivity index (χ4v) is 2.60. The zero-order chi connectivity index (χ0) is 16.1. The van der Waals surface area contributed by atoms with Gasteiger partial charge in [-0.25, -0.2) is 4.79 Å². The van der Waals surface area contributed by atoms with Gasteiger partial charge in [0.2, 0.25) is 0 Å². The fourth-order valence-electron chi connectivity index (χ4n) is 2.60. The molecule has 23 heavy (non-hydrogen) atoms. The SMILES string of the molecule is CCN(CC)C(=O)N1CCN(C(=O)c2ccc(N)cc2)CC1.Cl. The van der Waals surface area contributed by atoms with E-state index in [9.17, 15) is 9.59 Å². The molecule has 128 valence electrons. The van der Waals surface area contributed by atoms with Gasteiger partial charge in [-0.2, -0.15) is 0 Å². The van der Waals surface area contributed by atoms with Crippen LogP contribution in [0.15, 0.2) is 24.3 Å². The number of nitrogens with zero attached hydrogens (tertiary/aromatic N) is 3. The van der Waals surface area contributed by atoms with E-state index in [1.807, 2.05) is 18.7 Å². The van der Waals surface area contributed by atoms with Crippen molar-refractivity contribution in [2.75, 3.05) is 45.0 Å². The molecule has 0 bridgehead atoms. The normalized spacial score (nSPS) is 14.2. The van der Waals surface area contributed by atoms with Crippen molar-refractivity contribution in [2.24, 2.45) is 0 Å². The van der Waals surface area contributed by atoms with Gasteiger partial charge in [-0.15, -0.1) is 12.4 Å². The molecule has 1 fully saturated rings. The Kier molecular flexibility index (Phi) is 7.16. The van der Waals surface area contributed by atoms with Crippen LogP contribution in [0.1, 0.15) is 24.2 Å². The van der Waals surface area contributed by atoms with Crippen LogP contribution in [0.2, 0.25) is 0 Å². The van der Waals surface area contributed by atoms with Crippen molar-refractivity contribution in [3.63, 3.8) is 0 Å². The van der Waals surface area contributed by atoms with Crippen LogP contribution in [0, 0.1) is 0 Å². The van der Waals surface area contributed by atoms with Gasteiger partial charge in [-0.1, -0.05) is 0 Å². The van der Waals surface area contributed by atoms with Crippen molar-refractivity contribution in [3.8, 4) is 0 Å². The van der Waals surface area contributed by atoms with E-state index >= 15 is 0 Å². The number of hydrogen-bond donors (Lipinski definition) is 1. The van der Waals surface area contributed by atoms with Crippen LogP contribution >= 0.6 is 12.4 Å². The van der Waals surface area contributed by atoms with Gasteiger partial charge in [0, 0.05) is 50.5 Å². The third kappa shape index (κ3) is 4.51. The minimum absolute atomic E-state index is 0. The van der Waals surface area contributed by atoms with Crippen LogP contribution in [0.3, 0.4) is 0 Å². The minimum atomic E-state index is -0.00469. The highest BCUT2D eigenvalue weighted by molar-refractivity contribution is 5.94. The molecule has 0 radical (unpaired) electrons. The maximum absolute atomic E-state index is 12.4. The number of amides is 3. The Morgan fingerprint density at radius 3 is 1.96 bits per heavy atom. The number of nitrogen functional groups attached to an aromatic ring is 1. The van der Waals surface area contributed by atoms with Crippen LogP contribution in [0.4, 0.5) is 10.5 Å². The van der Waals surface area contributed by atoms with Gasteiger partial charge in [0.05, 0.1) is 0 Å². The Morgan fingerprint density at radius 2 is 1.48 bits per heavy atom. The second-order valence-electron chi connectivity index (χ2n) is 5.36. The lowest BCUT2D eigenvalue weighted by Crippen LogP contribution is -2.54. The molecule has 1 aliphatic heterocycles. The Balaban J connectivity index is 0.00000264. The topological polar surface area (TPSA) is 69.9 Å². The zero-order valence-electron chi connectivity index (χ0n) is 13.7. The van der Waals surface area contributed by atoms with E-state index < -0.39 is 0 Å². The number of anilines is 1. The molecular weight excluding hydrogens is 316 g/mol.